The molecule has 5 heteroatoms. The first-order valence-electron chi connectivity index (χ1n) is 6.29. The van der Waals surface area contributed by atoms with Crippen LogP contribution in [0.1, 0.15) is 16.8 Å². The molecule has 0 aliphatic heterocycles. The van der Waals surface area contributed by atoms with E-state index in [1.54, 1.807) is 28.4 Å². The maximum atomic E-state index is 11.9. The molecule has 102 valence electrons. The predicted octanol–water partition coefficient (Wildman–Crippen LogP) is 3.67. The third-order valence-corrected chi connectivity index (χ3v) is 5.02. The molecule has 0 aliphatic carbocycles. The average Bonchev–Trinajstić information content (AvgIpc) is 2.89. The number of aryl methyl sites for hydroxylation is 2. The molecule has 2 aromatic heterocycles. The smallest absolute Gasteiger partial charge is 0.258 e. The van der Waals surface area contributed by atoms with Crippen LogP contribution in [-0.4, -0.2) is 9.38 Å². The highest BCUT2D eigenvalue weighted by molar-refractivity contribution is 7.98. The Balaban J connectivity index is 1.86. The van der Waals surface area contributed by atoms with Crippen molar-refractivity contribution in [2.75, 3.05) is 0 Å². The number of benzene rings is 1. The van der Waals surface area contributed by atoms with Gasteiger partial charge in [-0.05, 0) is 25.5 Å². The number of thiazole rings is 1. The van der Waals surface area contributed by atoms with Crippen LogP contribution < -0.4 is 5.56 Å². The molecule has 0 bridgehead atoms. The van der Waals surface area contributed by atoms with E-state index in [0.29, 0.717) is 5.75 Å². The van der Waals surface area contributed by atoms with Crippen LogP contribution in [0, 0.1) is 13.8 Å². The van der Waals surface area contributed by atoms with Gasteiger partial charge in [0.15, 0.2) is 4.96 Å². The maximum Gasteiger partial charge on any atom is 0.258 e. The van der Waals surface area contributed by atoms with E-state index < -0.39 is 0 Å². The number of aromatic nitrogens is 2. The lowest BCUT2D eigenvalue weighted by atomic mass is 10.2. The van der Waals surface area contributed by atoms with Gasteiger partial charge in [-0.1, -0.05) is 17.7 Å². The topological polar surface area (TPSA) is 34.4 Å². The fourth-order valence-electron chi connectivity index (χ4n) is 1.98. The summed E-state index contributed by atoms with van der Waals surface area (Å²) in [5, 5.41) is 1.88. The van der Waals surface area contributed by atoms with E-state index in [1.165, 1.54) is 27.4 Å². The maximum absolute atomic E-state index is 11.9. The Hall–Kier alpha value is -1.59. The van der Waals surface area contributed by atoms with Crippen LogP contribution in [0.4, 0.5) is 0 Å². The van der Waals surface area contributed by atoms with E-state index in [9.17, 15) is 4.79 Å². The number of hydrogen-bond acceptors (Lipinski definition) is 4. The fraction of sp³-hybridized carbons (Fsp3) is 0.200. The van der Waals surface area contributed by atoms with Crippen molar-refractivity contribution in [3.05, 3.63) is 63.0 Å². The molecule has 0 fully saturated rings. The molecule has 20 heavy (non-hydrogen) atoms. The van der Waals surface area contributed by atoms with Crippen LogP contribution >= 0.6 is 23.1 Å². The molecule has 0 atom stereocenters. The number of fused-ring (bicyclic) bond motifs is 1. The molecule has 0 radical (unpaired) electrons. The summed E-state index contributed by atoms with van der Waals surface area (Å²) in [6.07, 6.45) is 1.76. The van der Waals surface area contributed by atoms with Gasteiger partial charge in [-0.25, -0.2) is 4.98 Å². The molecule has 0 aliphatic rings. The second-order valence-corrected chi connectivity index (χ2v) is 6.59. The monoisotopic (exact) mass is 302 g/mol. The van der Waals surface area contributed by atoms with Gasteiger partial charge >= 0.3 is 0 Å². The Labute approximate surface area is 125 Å². The zero-order valence-corrected chi connectivity index (χ0v) is 12.9. The van der Waals surface area contributed by atoms with Crippen molar-refractivity contribution in [3.63, 3.8) is 0 Å². The van der Waals surface area contributed by atoms with Crippen molar-refractivity contribution in [1.82, 2.24) is 9.38 Å². The SMILES string of the molecule is Cc1ccc(C)c(SCc2cc(=O)n3ccsc3n2)c1. The van der Waals surface area contributed by atoms with Gasteiger partial charge in [0.1, 0.15) is 0 Å². The Morgan fingerprint density at radius 2 is 2.15 bits per heavy atom. The third kappa shape index (κ3) is 2.64. The molecule has 3 nitrogen and oxygen atoms in total. The molecule has 0 spiro atoms. The zero-order valence-electron chi connectivity index (χ0n) is 11.3. The molecule has 3 aromatic rings. The van der Waals surface area contributed by atoms with Crippen LogP contribution in [0.5, 0.6) is 0 Å². The van der Waals surface area contributed by atoms with Crippen LogP contribution in [0.15, 0.2) is 45.5 Å². The van der Waals surface area contributed by atoms with Crippen LogP contribution in [-0.2, 0) is 5.75 Å². The van der Waals surface area contributed by atoms with Gasteiger partial charge in [0.2, 0.25) is 0 Å². The summed E-state index contributed by atoms with van der Waals surface area (Å²) in [5.41, 5.74) is 3.34. The van der Waals surface area contributed by atoms with Crippen molar-refractivity contribution in [3.8, 4) is 0 Å². The highest BCUT2D eigenvalue weighted by Crippen LogP contribution is 2.26. The first-order valence-corrected chi connectivity index (χ1v) is 8.16. The predicted molar refractivity (Wildman–Crippen MR) is 84.8 cm³/mol. The summed E-state index contributed by atoms with van der Waals surface area (Å²) >= 11 is 3.21. The van der Waals surface area contributed by atoms with Crippen molar-refractivity contribution in [2.45, 2.75) is 24.5 Å². The van der Waals surface area contributed by atoms with E-state index in [2.05, 4.69) is 37.0 Å². The molecule has 0 N–H and O–H groups in total. The lowest BCUT2D eigenvalue weighted by molar-refractivity contribution is 1.04. The number of nitrogens with zero attached hydrogens (tertiary/aromatic N) is 2. The second kappa shape index (κ2) is 5.42. The number of hydrogen-bond donors (Lipinski definition) is 0. The minimum Gasteiger partial charge on any atom is -0.269 e. The van der Waals surface area contributed by atoms with E-state index in [1.807, 2.05) is 5.38 Å². The highest BCUT2D eigenvalue weighted by atomic mass is 32.2. The van der Waals surface area contributed by atoms with Gasteiger partial charge in [-0.3, -0.25) is 9.20 Å². The Bertz CT molecular complexity index is 820. The van der Waals surface area contributed by atoms with Gasteiger partial charge < -0.3 is 0 Å². The average molecular weight is 302 g/mol. The number of rotatable bonds is 3. The zero-order chi connectivity index (χ0) is 14.1. The Morgan fingerprint density at radius 3 is 3.00 bits per heavy atom. The highest BCUT2D eigenvalue weighted by Gasteiger charge is 2.05. The normalized spacial score (nSPS) is 11.1. The van der Waals surface area contributed by atoms with Crippen LogP contribution in [0.2, 0.25) is 0 Å². The molecule has 2 heterocycles. The van der Waals surface area contributed by atoms with Crippen LogP contribution in [0.25, 0.3) is 4.96 Å². The summed E-state index contributed by atoms with van der Waals surface area (Å²) < 4.78 is 1.58. The van der Waals surface area contributed by atoms with E-state index >= 15 is 0 Å². The van der Waals surface area contributed by atoms with Gasteiger partial charge in [0, 0.05) is 28.3 Å². The minimum atomic E-state index is -0.00665. The van der Waals surface area contributed by atoms with Crippen molar-refractivity contribution in [1.29, 1.82) is 0 Å². The molecule has 0 amide bonds. The Morgan fingerprint density at radius 1 is 1.30 bits per heavy atom. The van der Waals surface area contributed by atoms with Crippen molar-refractivity contribution >= 4 is 28.1 Å². The molecule has 0 saturated carbocycles. The molecule has 1 aromatic carbocycles. The van der Waals surface area contributed by atoms with E-state index in [4.69, 9.17) is 0 Å². The van der Waals surface area contributed by atoms with Crippen LogP contribution in [0.3, 0.4) is 0 Å². The standard InChI is InChI=1S/C15H14N2OS2/c1-10-3-4-11(2)13(7-10)20-9-12-8-14(18)17-5-6-19-15(17)16-12/h3-8H,9H2,1-2H3. The van der Waals surface area contributed by atoms with E-state index in [-0.39, 0.29) is 5.56 Å². The summed E-state index contributed by atoms with van der Waals surface area (Å²) in [6.45, 7) is 4.19. The lowest BCUT2D eigenvalue weighted by Gasteiger charge is -2.06. The first-order chi connectivity index (χ1) is 9.63. The molecule has 3 rings (SSSR count). The minimum absolute atomic E-state index is 0.00665. The van der Waals surface area contributed by atoms with E-state index in [0.717, 1.165) is 10.7 Å². The molecular formula is C15H14N2OS2. The van der Waals surface area contributed by atoms with Gasteiger partial charge in [-0.2, -0.15) is 0 Å². The van der Waals surface area contributed by atoms with Gasteiger partial charge in [0.05, 0.1) is 5.69 Å². The van der Waals surface area contributed by atoms with Crippen molar-refractivity contribution < 1.29 is 0 Å². The quantitative estimate of drug-likeness (QED) is 0.692. The third-order valence-electron chi connectivity index (χ3n) is 3.08. The fourth-order valence-corrected chi connectivity index (χ4v) is 3.73. The van der Waals surface area contributed by atoms with Gasteiger partial charge in [0.25, 0.3) is 5.56 Å². The summed E-state index contributed by atoms with van der Waals surface area (Å²) in [7, 11) is 0. The largest absolute Gasteiger partial charge is 0.269 e. The molecular weight excluding hydrogens is 288 g/mol. The first kappa shape index (κ1) is 13.4. The molecule has 0 unspecified atom stereocenters. The lowest BCUT2D eigenvalue weighted by Crippen LogP contribution is -2.12. The number of thioether (sulfide) groups is 1. The van der Waals surface area contributed by atoms with Crippen molar-refractivity contribution in [2.24, 2.45) is 0 Å². The summed E-state index contributed by atoms with van der Waals surface area (Å²) in [5.74, 6) is 0.716. The summed E-state index contributed by atoms with van der Waals surface area (Å²) in [6, 6.07) is 8.04. The second-order valence-electron chi connectivity index (χ2n) is 4.70. The summed E-state index contributed by atoms with van der Waals surface area (Å²) in [4.78, 5) is 18.4. The van der Waals surface area contributed by atoms with Gasteiger partial charge in [-0.15, -0.1) is 23.1 Å². The molecule has 0 saturated heterocycles. The Kier molecular flexibility index (Phi) is 3.63.